The summed E-state index contributed by atoms with van der Waals surface area (Å²) < 4.78 is 6.71. The molecule has 3 rings (SSSR count). The van der Waals surface area contributed by atoms with Gasteiger partial charge >= 0.3 is 0 Å². The van der Waals surface area contributed by atoms with Gasteiger partial charge < -0.3 is 10.2 Å². The van der Waals surface area contributed by atoms with E-state index in [0.717, 1.165) is 37.6 Å². The highest BCUT2D eigenvalue weighted by Gasteiger charge is 2.21. The van der Waals surface area contributed by atoms with Gasteiger partial charge in [0.1, 0.15) is 5.58 Å². The van der Waals surface area contributed by atoms with Crippen molar-refractivity contribution in [3.8, 4) is 0 Å². The number of aryl methyl sites for hydroxylation is 4. The van der Waals surface area contributed by atoms with Crippen molar-refractivity contribution < 1.29 is 14.0 Å². The number of carbonyl (C=O) groups excluding carboxylic acids is 2. The minimum Gasteiger partial charge on any atom is -0.450 e. The molecule has 0 aliphatic carbocycles. The third-order valence-electron chi connectivity index (χ3n) is 4.01. The van der Waals surface area contributed by atoms with Crippen molar-refractivity contribution in [3.05, 3.63) is 40.3 Å². The summed E-state index contributed by atoms with van der Waals surface area (Å²) in [5.74, 6) is -0.260. The molecule has 0 saturated heterocycles. The van der Waals surface area contributed by atoms with Crippen LogP contribution < -0.4 is 11.1 Å². The Hall–Kier alpha value is -2.32. The van der Waals surface area contributed by atoms with Gasteiger partial charge in [0.2, 0.25) is 5.91 Å². The van der Waals surface area contributed by atoms with E-state index in [1.165, 1.54) is 23.1 Å². The molecule has 2 aromatic heterocycles. The lowest BCUT2D eigenvalue weighted by Crippen LogP contribution is -2.12. The predicted octanol–water partition coefficient (Wildman–Crippen LogP) is 3.95. The number of thioether (sulfide) groups is 1. The number of aromatic nitrogens is 1. The Morgan fingerprint density at radius 3 is 2.58 bits per heavy atom. The van der Waals surface area contributed by atoms with Crippen LogP contribution in [0, 0.1) is 27.7 Å². The topological polar surface area (TPSA) is 98.2 Å². The van der Waals surface area contributed by atoms with Gasteiger partial charge in [-0.1, -0.05) is 23.5 Å². The van der Waals surface area contributed by atoms with Gasteiger partial charge in [0.25, 0.3) is 5.91 Å². The van der Waals surface area contributed by atoms with Gasteiger partial charge in [0, 0.05) is 10.9 Å². The van der Waals surface area contributed by atoms with Crippen LogP contribution in [0.5, 0.6) is 0 Å². The molecule has 2 amide bonds. The Kier molecular flexibility index (Phi) is 5.06. The van der Waals surface area contributed by atoms with Crippen molar-refractivity contribution >= 4 is 51.0 Å². The monoisotopic (exact) mass is 389 g/mol. The smallest absolute Gasteiger partial charge is 0.293 e. The number of primary amides is 1. The molecule has 8 heteroatoms. The zero-order valence-corrected chi connectivity index (χ0v) is 16.6. The number of nitrogens with one attached hydrogen (secondary N) is 1. The number of benzene rings is 1. The second kappa shape index (κ2) is 7.13. The molecule has 0 bridgehead atoms. The Balaban J connectivity index is 1.87. The van der Waals surface area contributed by atoms with Gasteiger partial charge in [0.05, 0.1) is 15.7 Å². The molecule has 3 aromatic rings. The number of thiazole rings is 1. The molecule has 2 heterocycles. The first kappa shape index (κ1) is 18.5. The van der Waals surface area contributed by atoms with Crippen LogP contribution in [0.2, 0.25) is 0 Å². The summed E-state index contributed by atoms with van der Waals surface area (Å²) in [7, 11) is 0. The molecule has 0 saturated carbocycles. The van der Waals surface area contributed by atoms with Crippen LogP contribution in [0.25, 0.3) is 11.0 Å². The van der Waals surface area contributed by atoms with Gasteiger partial charge in [0.15, 0.2) is 10.9 Å². The molecule has 0 radical (unpaired) electrons. The molecule has 0 aliphatic rings. The maximum absolute atomic E-state index is 12.7. The van der Waals surface area contributed by atoms with E-state index in [9.17, 15) is 9.59 Å². The first-order valence-electron chi connectivity index (χ1n) is 7.97. The van der Waals surface area contributed by atoms with Crippen molar-refractivity contribution in [2.75, 3.05) is 11.1 Å². The molecule has 26 heavy (non-hydrogen) atoms. The third kappa shape index (κ3) is 3.47. The summed E-state index contributed by atoms with van der Waals surface area (Å²) in [6.07, 6.45) is 0. The number of amides is 2. The molecule has 0 fully saturated rings. The maximum atomic E-state index is 12.7. The average Bonchev–Trinajstić information content (AvgIpc) is 3.10. The fourth-order valence-corrected chi connectivity index (χ4v) is 4.62. The van der Waals surface area contributed by atoms with E-state index in [2.05, 4.69) is 10.3 Å². The highest BCUT2D eigenvalue weighted by molar-refractivity contribution is 8.01. The Bertz CT molecular complexity index is 1020. The van der Waals surface area contributed by atoms with Crippen LogP contribution in [-0.2, 0) is 4.79 Å². The van der Waals surface area contributed by atoms with Gasteiger partial charge in [-0.25, -0.2) is 4.98 Å². The number of anilines is 1. The summed E-state index contributed by atoms with van der Waals surface area (Å²) in [5, 5.41) is 4.23. The molecule has 136 valence electrons. The highest BCUT2D eigenvalue weighted by Crippen LogP contribution is 2.34. The summed E-state index contributed by atoms with van der Waals surface area (Å²) in [4.78, 5) is 28.0. The molecule has 0 aliphatic heterocycles. The number of nitrogens with two attached hydrogens (primary N) is 1. The van der Waals surface area contributed by atoms with Gasteiger partial charge in [-0.3, -0.25) is 14.9 Å². The third-order valence-corrected chi connectivity index (χ3v) is 6.47. The predicted molar refractivity (Wildman–Crippen MR) is 105 cm³/mol. The van der Waals surface area contributed by atoms with Gasteiger partial charge in [-0.2, -0.15) is 0 Å². The lowest BCUT2D eigenvalue weighted by molar-refractivity contribution is -0.115. The van der Waals surface area contributed by atoms with Crippen molar-refractivity contribution in [2.45, 2.75) is 31.9 Å². The molecular weight excluding hydrogens is 370 g/mol. The van der Waals surface area contributed by atoms with Crippen LogP contribution in [-0.4, -0.2) is 22.6 Å². The van der Waals surface area contributed by atoms with Gasteiger partial charge in [-0.05, 0) is 38.8 Å². The zero-order valence-electron chi connectivity index (χ0n) is 14.9. The second-order valence-electron chi connectivity index (χ2n) is 6.06. The van der Waals surface area contributed by atoms with E-state index in [0.29, 0.717) is 5.13 Å². The van der Waals surface area contributed by atoms with Crippen molar-refractivity contribution in [1.82, 2.24) is 4.98 Å². The normalized spacial score (nSPS) is 11.1. The van der Waals surface area contributed by atoms with Crippen molar-refractivity contribution in [1.29, 1.82) is 0 Å². The number of carbonyl (C=O) groups is 2. The second-order valence-corrected chi connectivity index (χ2v) is 8.30. The van der Waals surface area contributed by atoms with Crippen molar-refractivity contribution in [3.63, 3.8) is 0 Å². The largest absolute Gasteiger partial charge is 0.450 e. The number of rotatable bonds is 5. The van der Waals surface area contributed by atoms with Crippen LogP contribution in [0.3, 0.4) is 0 Å². The minimum atomic E-state index is -0.392. The number of hydrogen-bond acceptors (Lipinski definition) is 6. The van der Waals surface area contributed by atoms with E-state index in [4.69, 9.17) is 10.2 Å². The molecule has 3 N–H and O–H groups in total. The van der Waals surface area contributed by atoms with E-state index in [1.807, 2.05) is 39.8 Å². The van der Waals surface area contributed by atoms with Crippen LogP contribution in [0.15, 0.2) is 20.8 Å². The number of hydrogen-bond donors (Lipinski definition) is 2. The average molecular weight is 390 g/mol. The number of furan rings is 1. The number of nitrogens with zero attached hydrogens (tertiary/aromatic N) is 1. The first-order valence-corrected chi connectivity index (χ1v) is 9.77. The van der Waals surface area contributed by atoms with Crippen LogP contribution in [0.1, 0.15) is 32.9 Å². The summed E-state index contributed by atoms with van der Waals surface area (Å²) in [6, 6.07) is 4.00. The van der Waals surface area contributed by atoms with Crippen LogP contribution in [0.4, 0.5) is 5.13 Å². The van der Waals surface area contributed by atoms with E-state index in [1.54, 1.807) is 0 Å². The zero-order chi connectivity index (χ0) is 19.0. The molecular formula is C18H19N3O3S2. The fourth-order valence-electron chi connectivity index (χ4n) is 2.75. The minimum absolute atomic E-state index is 0.178. The van der Waals surface area contributed by atoms with Crippen LogP contribution >= 0.6 is 23.1 Å². The molecule has 0 atom stereocenters. The lowest BCUT2D eigenvalue weighted by atomic mass is 10.0. The highest BCUT2D eigenvalue weighted by atomic mass is 32.2. The van der Waals surface area contributed by atoms with E-state index >= 15 is 0 Å². The standard InChI is InChI=1S/C18H19N3O3S2/c1-8-5-6-9(2)14-13(8)10(3)15(24-14)16(23)21-18-20-11(4)17(26-18)25-7-12(19)22/h5-6H,7H2,1-4H3,(H2,19,22)(H,20,21,23). The fraction of sp³-hybridized carbons (Fsp3) is 0.278. The summed E-state index contributed by atoms with van der Waals surface area (Å²) in [5.41, 5.74) is 9.54. The Labute approximate surface area is 159 Å². The Morgan fingerprint density at radius 1 is 1.23 bits per heavy atom. The molecule has 6 nitrogen and oxygen atoms in total. The Morgan fingerprint density at radius 2 is 1.92 bits per heavy atom. The van der Waals surface area contributed by atoms with E-state index < -0.39 is 5.91 Å². The van der Waals surface area contributed by atoms with Crippen molar-refractivity contribution in [2.24, 2.45) is 5.73 Å². The summed E-state index contributed by atoms with van der Waals surface area (Å²) in [6.45, 7) is 7.67. The molecule has 1 aromatic carbocycles. The number of fused-ring (bicyclic) bond motifs is 1. The molecule has 0 unspecified atom stereocenters. The SMILES string of the molecule is Cc1nc(NC(=O)c2oc3c(C)ccc(C)c3c2C)sc1SCC(N)=O. The quantitative estimate of drug-likeness (QED) is 0.644. The first-order chi connectivity index (χ1) is 12.3. The summed E-state index contributed by atoms with van der Waals surface area (Å²) >= 11 is 2.63. The van der Waals surface area contributed by atoms with E-state index in [-0.39, 0.29) is 17.4 Å². The molecule has 0 spiro atoms. The van der Waals surface area contributed by atoms with Gasteiger partial charge in [-0.15, -0.1) is 11.8 Å². The lowest BCUT2D eigenvalue weighted by Gasteiger charge is -1.99. The maximum Gasteiger partial charge on any atom is 0.293 e.